The highest BCUT2D eigenvalue weighted by Crippen LogP contribution is 2.33. The van der Waals surface area contributed by atoms with E-state index >= 15 is 0 Å². The Morgan fingerprint density at radius 3 is 2.75 bits per heavy atom. The van der Waals surface area contributed by atoms with Gasteiger partial charge in [-0.15, -0.1) is 12.4 Å². The summed E-state index contributed by atoms with van der Waals surface area (Å²) in [6.07, 6.45) is 2.22. The van der Waals surface area contributed by atoms with Crippen LogP contribution in [0.5, 0.6) is 5.75 Å². The summed E-state index contributed by atoms with van der Waals surface area (Å²) >= 11 is 0. The van der Waals surface area contributed by atoms with E-state index in [1.807, 2.05) is 42.5 Å². The Bertz CT molecular complexity index is 1350. The molecule has 0 saturated carbocycles. The van der Waals surface area contributed by atoms with Gasteiger partial charge in [0.05, 0.1) is 10.4 Å². The molecular weight excluding hydrogens is 446 g/mol. The second kappa shape index (κ2) is 9.10. The molecule has 32 heavy (non-hydrogen) atoms. The molecule has 1 saturated heterocycles. The van der Waals surface area contributed by atoms with Crippen molar-refractivity contribution in [3.05, 3.63) is 60.7 Å². The zero-order valence-electron chi connectivity index (χ0n) is 17.8. The number of aromatic amines is 1. The molecule has 5 rings (SSSR count). The van der Waals surface area contributed by atoms with Crippen LogP contribution in [0.2, 0.25) is 0 Å². The standard InChI is InChI=1S/C24H25N3O3S.ClH/c1-2-13-27-14-12-19(16-27)30-18-10-11-22-21(15-18)24(26-25-22)31(28,29)23-9-5-7-17-6-3-4-8-20(17)23;/h3-11,15,19H,2,12-14,16H2,1H3,(H,25,26);1H. The minimum atomic E-state index is -3.79. The van der Waals surface area contributed by atoms with Crippen LogP contribution in [0.4, 0.5) is 0 Å². The van der Waals surface area contributed by atoms with Gasteiger partial charge in [-0.25, -0.2) is 8.42 Å². The maximum atomic E-state index is 13.6. The predicted molar refractivity (Wildman–Crippen MR) is 129 cm³/mol. The molecule has 1 N–H and O–H groups in total. The number of halogens is 1. The lowest BCUT2D eigenvalue weighted by Gasteiger charge is -2.16. The van der Waals surface area contributed by atoms with Gasteiger partial charge >= 0.3 is 0 Å². The van der Waals surface area contributed by atoms with Crippen LogP contribution in [-0.2, 0) is 9.84 Å². The summed E-state index contributed by atoms with van der Waals surface area (Å²) in [6, 6.07) is 18.3. The van der Waals surface area contributed by atoms with Gasteiger partial charge < -0.3 is 4.74 Å². The smallest absolute Gasteiger partial charge is 0.224 e. The highest BCUT2D eigenvalue weighted by Gasteiger charge is 2.26. The van der Waals surface area contributed by atoms with E-state index < -0.39 is 9.84 Å². The van der Waals surface area contributed by atoms with Crippen LogP contribution in [0.3, 0.4) is 0 Å². The first-order valence-corrected chi connectivity index (χ1v) is 12.1. The van der Waals surface area contributed by atoms with E-state index in [1.165, 1.54) is 0 Å². The lowest BCUT2D eigenvalue weighted by molar-refractivity contribution is 0.200. The van der Waals surface area contributed by atoms with E-state index in [9.17, 15) is 8.42 Å². The van der Waals surface area contributed by atoms with Crippen molar-refractivity contribution in [1.29, 1.82) is 0 Å². The minimum absolute atomic E-state index is 0. The van der Waals surface area contributed by atoms with Gasteiger partial charge in [-0.1, -0.05) is 43.3 Å². The molecule has 1 aliphatic rings. The van der Waals surface area contributed by atoms with Crippen molar-refractivity contribution in [2.45, 2.75) is 35.8 Å². The Balaban J connectivity index is 0.00000245. The molecule has 6 nitrogen and oxygen atoms in total. The molecule has 1 atom stereocenters. The molecule has 0 bridgehead atoms. The molecule has 2 heterocycles. The number of hydrogen-bond acceptors (Lipinski definition) is 5. The lowest BCUT2D eigenvalue weighted by atomic mass is 10.1. The van der Waals surface area contributed by atoms with Crippen LogP contribution in [0.1, 0.15) is 19.8 Å². The van der Waals surface area contributed by atoms with Crippen LogP contribution >= 0.6 is 12.4 Å². The van der Waals surface area contributed by atoms with Gasteiger partial charge in [0.1, 0.15) is 11.9 Å². The number of fused-ring (bicyclic) bond motifs is 2. The fourth-order valence-electron chi connectivity index (χ4n) is 4.39. The van der Waals surface area contributed by atoms with Gasteiger partial charge in [0.2, 0.25) is 9.84 Å². The predicted octanol–water partition coefficient (Wildman–Crippen LogP) is 4.83. The summed E-state index contributed by atoms with van der Waals surface area (Å²) in [5.41, 5.74) is 0.602. The third-order valence-electron chi connectivity index (χ3n) is 5.87. The first-order chi connectivity index (χ1) is 15.1. The van der Waals surface area contributed by atoms with Crippen molar-refractivity contribution in [1.82, 2.24) is 15.1 Å². The average Bonchev–Trinajstić information content (AvgIpc) is 3.40. The van der Waals surface area contributed by atoms with Crippen molar-refractivity contribution in [2.75, 3.05) is 19.6 Å². The van der Waals surface area contributed by atoms with Gasteiger partial charge in [0.15, 0.2) is 5.03 Å². The minimum Gasteiger partial charge on any atom is -0.489 e. The number of rotatable bonds is 6. The van der Waals surface area contributed by atoms with E-state index in [4.69, 9.17) is 4.74 Å². The van der Waals surface area contributed by atoms with E-state index in [-0.39, 0.29) is 28.4 Å². The molecule has 0 spiro atoms. The van der Waals surface area contributed by atoms with Gasteiger partial charge in [0.25, 0.3) is 0 Å². The normalized spacial score (nSPS) is 17.0. The molecule has 0 amide bonds. The molecular formula is C24H26ClN3O3S. The summed E-state index contributed by atoms with van der Waals surface area (Å²) in [4.78, 5) is 2.67. The fraction of sp³-hybridized carbons (Fsp3) is 0.292. The van der Waals surface area contributed by atoms with Crippen LogP contribution < -0.4 is 4.74 Å². The topological polar surface area (TPSA) is 75.3 Å². The zero-order valence-corrected chi connectivity index (χ0v) is 19.5. The van der Waals surface area contributed by atoms with E-state index in [2.05, 4.69) is 22.0 Å². The Morgan fingerprint density at radius 2 is 1.91 bits per heavy atom. The second-order valence-electron chi connectivity index (χ2n) is 8.04. The Hall–Kier alpha value is -2.61. The first kappa shape index (κ1) is 22.6. The zero-order chi connectivity index (χ0) is 21.4. The van der Waals surface area contributed by atoms with E-state index in [0.29, 0.717) is 22.0 Å². The van der Waals surface area contributed by atoms with Crippen LogP contribution in [0, 0.1) is 0 Å². The highest BCUT2D eigenvalue weighted by molar-refractivity contribution is 7.91. The number of benzene rings is 3. The summed E-state index contributed by atoms with van der Waals surface area (Å²) in [6.45, 7) is 5.19. The monoisotopic (exact) mass is 471 g/mol. The SMILES string of the molecule is CCCN1CCC(Oc2ccc3n[nH]c(S(=O)(=O)c4cccc5ccccc45)c3c2)C1.Cl. The fourth-order valence-corrected chi connectivity index (χ4v) is 5.96. The van der Waals surface area contributed by atoms with Crippen molar-refractivity contribution >= 4 is 43.9 Å². The third kappa shape index (κ3) is 4.08. The largest absolute Gasteiger partial charge is 0.489 e. The quantitative estimate of drug-likeness (QED) is 0.435. The molecule has 8 heteroatoms. The molecule has 1 aliphatic heterocycles. The molecule has 1 unspecified atom stereocenters. The van der Waals surface area contributed by atoms with Crippen molar-refractivity contribution in [3.63, 3.8) is 0 Å². The van der Waals surface area contributed by atoms with Gasteiger partial charge in [-0.2, -0.15) is 5.10 Å². The summed E-state index contributed by atoms with van der Waals surface area (Å²) in [7, 11) is -3.79. The van der Waals surface area contributed by atoms with E-state index in [1.54, 1.807) is 18.2 Å². The Morgan fingerprint density at radius 1 is 1.09 bits per heavy atom. The number of likely N-dealkylation sites (tertiary alicyclic amines) is 1. The number of aromatic nitrogens is 2. The third-order valence-corrected chi connectivity index (χ3v) is 7.65. The molecule has 168 valence electrons. The van der Waals surface area contributed by atoms with Gasteiger partial charge in [0, 0.05) is 23.9 Å². The van der Waals surface area contributed by atoms with Gasteiger partial charge in [-0.3, -0.25) is 10.00 Å². The molecule has 3 aromatic carbocycles. The highest BCUT2D eigenvalue weighted by atomic mass is 35.5. The molecule has 4 aromatic rings. The summed E-state index contributed by atoms with van der Waals surface area (Å²) in [5, 5.41) is 9.22. The molecule has 0 radical (unpaired) electrons. The van der Waals surface area contributed by atoms with Crippen molar-refractivity contribution < 1.29 is 13.2 Å². The Kier molecular flexibility index (Phi) is 6.42. The average molecular weight is 472 g/mol. The van der Waals surface area contributed by atoms with E-state index in [0.717, 1.165) is 37.9 Å². The maximum absolute atomic E-state index is 13.6. The number of hydrogen-bond donors (Lipinski definition) is 1. The van der Waals surface area contributed by atoms with Gasteiger partial charge in [-0.05, 0) is 49.0 Å². The summed E-state index contributed by atoms with van der Waals surface area (Å²) < 4.78 is 33.3. The molecule has 1 aromatic heterocycles. The number of nitrogens with zero attached hydrogens (tertiary/aromatic N) is 2. The van der Waals surface area contributed by atoms with Crippen LogP contribution in [0.25, 0.3) is 21.7 Å². The summed E-state index contributed by atoms with van der Waals surface area (Å²) in [5.74, 6) is 0.673. The maximum Gasteiger partial charge on any atom is 0.224 e. The number of H-pyrrole nitrogens is 1. The van der Waals surface area contributed by atoms with Crippen LogP contribution in [0.15, 0.2) is 70.6 Å². The van der Waals surface area contributed by atoms with Crippen LogP contribution in [-0.4, -0.2) is 49.3 Å². The first-order valence-electron chi connectivity index (χ1n) is 10.7. The lowest BCUT2D eigenvalue weighted by Crippen LogP contribution is -2.25. The molecule has 0 aliphatic carbocycles. The van der Waals surface area contributed by atoms with Crippen molar-refractivity contribution in [2.24, 2.45) is 0 Å². The number of nitrogens with one attached hydrogen (secondary N) is 1. The number of ether oxygens (including phenoxy) is 1. The van der Waals surface area contributed by atoms with Crippen molar-refractivity contribution in [3.8, 4) is 5.75 Å². The Labute approximate surface area is 193 Å². The number of sulfone groups is 1. The second-order valence-corrected chi connectivity index (χ2v) is 9.90. The molecule has 1 fully saturated rings.